The first-order chi connectivity index (χ1) is 16.4. The Hall–Kier alpha value is -4.32. The second kappa shape index (κ2) is 9.67. The zero-order chi connectivity index (χ0) is 24.2. The highest BCUT2D eigenvalue weighted by Crippen LogP contribution is 2.17. The summed E-state index contributed by atoms with van der Waals surface area (Å²) in [5, 5.41) is 9.88. The van der Waals surface area contributed by atoms with Crippen molar-refractivity contribution in [2.75, 3.05) is 24.4 Å². The molecule has 12 nitrogen and oxygen atoms in total. The van der Waals surface area contributed by atoms with Crippen LogP contribution in [0.5, 0.6) is 0 Å². The summed E-state index contributed by atoms with van der Waals surface area (Å²) in [6.07, 6.45) is 0. The molecule has 1 amide bonds. The summed E-state index contributed by atoms with van der Waals surface area (Å²) in [7, 11) is 1.49. The Balaban J connectivity index is 1.73. The number of hydrogen-bond acceptors (Lipinski definition) is 8. The molecule has 0 aliphatic heterocycles. The van der Waals surface area contributed by atoms with E-state index in [1.165, 1.54) is 16.2 Å². The quantitative estimate of drug-likeness (QED) is 0.351. The lowest BCUT2D eigenvalue weighted by molar-refractivity contribution is 0.101. The van der Waals surface area contributed by atoms with Crippen LogP contribution in [0.2, 0.25) is 0 Å². The van der Waals surface area contributed by atoms with Gasteiger partial charge in [0, 0.05) is 25.0 Å². The third-order valence-corrected chi connectivity index (χ3v) is 5.08. The third-order valence-electron chi connectivity index (χ3n) is 5.08. The number of aromatic amines is 1. The van der Waals surface area contributed by atoms with Crippen molar-refractivity contribution < 1.29 is 9.53 Å². The molecule has 0 atom stereocenters. The number of aryl methyl sites for hydroxylation is 2. The molecular formula is C22H24N8O4. The molecule has 4 rings (SSSR count). The van der Waals surface area contributed by atoms with Gasteiger partial charge in [0.1, 0.15) is 11.5 Å². The Morgan fingerprint density at radius 2 is 1.91 bits per heavy atom. The van der Waals surface area contributed by atoms with E-state index in [0.717, 1.165) is 17.0 Å². The van der Waals surface area contributed by atoms with Crippen molar-refractivity contribution in [1.82, 2.24) is 29.1 Å². The maximum absolute atomic E-state index is 13.1. The van der Waals surface area contributed by atoms with Gasteiger partial charge in [0.25, 0.3) is 17.2 Å². The first-order valence-corrected chi connectivity index (χ1v) is 10.5. The zero-order valence-electron chi connectivity index (χ0n) is 19.0. The SMILES string of the molecule is COCCn1c(NC(=O)c2nc3nc(C)cc(C)n3n2)c(NCc2ccccc2)c(=O)[nH]c1=O. The maximum atomic E-state index is 13.1. The Morgan fingerprint density at radius 3 is 2.65 bits per heavy atom. The van der Waals surface area contributed by atoms with Crippen molar-refractivity contribution in [2.45, 2.75) is 26.9 Å². The molecular weight excluding hydrogens is 440 g/mol. The van der Waals surface area contributed by atoms with E-state index in [1.807, 2.05) is 50.2 Å². The minimum absolute atomic E-state index is 0.00792. The normalized spacial score (nSPS) is 11.0. The number of benzene rings is 1. The number of carbonyl (C=O) groups excluding carboxylic acids is 1. The molecule has 0 aliphatic carbocycles. The summed E-state index contributed by atoms with van der Waals surface area (Å²) in [4.78, 5) is 49.1. The standard InChI is InChI=1S/C22H24N8O4/c1-13-11-14(2)30-21(24-13)25-17(28-30)20(32)26-18-16(23-12-15-7-5-4-6-8-15)19(31)27-22(33)29(18)9-10-34-3/h4-8,11,23H,9-10,12H2,1-3H3,(H,26,32)(H,27,31,33). The lowest BCUT2D eigenvalue weighted by Gasteiger charge is -2.17. The van der Waals surface area contributed by atoms with E-state index in [2.05, 4.69) is 30.7 Å². The number of rotatable bonds is 8. The number of aromatic nitrogens is 6. The summed E-state index contributed by atoms with van der Waals surface area (Å²) < 4.78 is 7.76. The second-order valence-corrected chi connectivity index (χ2v) is 7.61. The van der Waals surface area contributed by atoms with E-state index in [9.17, 15) is 14.4 Å². The highest BCUT2D eigenvalue weighted by molar-refractivity contribution is 6.02. The molecule has 3 N–H and O–H groups in total. The molecule has 0 fully saturated rings. The van der Waals surface area contributed by atoms with Gasteiger partial charge in [-0.3, -0.25) is 19.1 Å². The molecule has 3 aromatic heterocycles. The maximum Gasteiger partial charge on any atom is 0.330 e. The molecule has 1 aromatic carbocycles. The molecule has 0 saturated heterocycles. The monoisotopic (exact) mass is 464 g/mol. The minimum Gasteiger partial charge on any atom is -0.383 e. The van der Waals surface area contributed by atoms with E-state index >= 15 is 0 Å². The van der Waals surface area contributed by atoms with Crippen LogP contribution in [0.15, 0.2) is 46.0 Å². The van der Waals surface area contributed by atoms with Crippen LogP contribution in [-0.2, 0) is 17.8 Å². The van der Waals surface area contributed by atoms with Gasteiger partial charge in [0.05, 0.1) is 13.2 Å². The van der Waals surface area contributed by atoms with Crippen LogP contribution in [0, 0.1) is 13.8 Å². The number of nitrogens with zero attached hydrogens (tertiary/aromatic N) is 5. The van der Waals surface area contributed by atoms with Crippen LogP contribution >= 0.6 is 0 Å². The predicted molar refractivity (Wildman–Crippen MR) is 125 cm³/mol. The summed E-state index contributed by atoms with van der Waals surface area (Å²) in [6.45, 7) is 4.21. The van der Waals surface area contributed by atoms with E-state index in [1.54, 1.807) is 0 Å². The van der Waals surface area contributed by atoms with Crippen LogP contribution < -0.4 is 21.9 Å². The zero-order valence-corrected chi connectivity index (χ0v) is 19.0. The highest BCUT2D eigenvalue weighted by Gasteiger charge is 2.21. The van der Waals surface area contributed by atoms with Gasteiger partial charge in [-0.2, -0.15) is 4.98 Å². The van der Waals surface area contributed by atoms with Gasteiger partial charge < -0.3 is 15.4 Å². The van der Waals surface area contributed by atoms with Gasteiger partial charge in [-0.1, -0.05) is 30.3 Å². The van der Waals surface area contributed by atoms with Gasteiger partial charge in [-0.15, -0.1) is 5.10 Å². The topological polar surface area (TPSA) is 148 Å². The van der Waals surface area contributed by atoms with Crippen LogP contribution in [0.3, 0.4) is 0 Å². The number of amides is 1. The third kappa shape index (κ3) is 4.71. The second-order valence-electron chi connectivity index (χ2n) is 7.61. The Morgan fingerprint density at radius 1 is 1.15 bits per heavy atom. The van der Waals surface area contributed by atoms with Crippen LogP contribution in [0.1, 0.15) is 27.6 Å². The van der Waals surface area contributed by atoms with E-state index in [-0.39, 0.29) is 36.3 Å². The van der Waals surface area contributed by atoms with Crippen LogP contribution in [-0.4, -0.2) is 48.8 Å². The molecule has 0 radical (unpaired) electrons. The molecule has 0 unspecified atom stereocenters. The van der Waals surface area contributed by atoms with Crippen molar-refractivity contribution in [3.05, 3.63) is 80.0 Å². The molecule has 12 heteroatoms. The summed E-state index contributed by atoms with van der Waals surface area (Å²) >= 11 is 0. The average molecular weight is 464 g/mol. The highest BCUT2D eigenvalue weighted by atomic mass is 16.5. The fraction of sp³-hybridized carbons (Fsp3) is 0.273. The smallest absolute Gasteiger partial charge is 0.330 e. The molecule has 0 aliphatic rings. The van der Waals surface area contributed by atoms with E-state index in [0.29, 0.717) is 6.54 Å². The van der Waals surface area contributed by atoms with Gasteiger partial charge in [-0.25, -0.2) is 14.3 Å². The van der Waals surface area contributed by atoms with Crippen molar-refractivity contribution in [1.29, 1.82) is 0 Å². The number of fused-ring (bicyclic) bond motifs is 1. The minimum atomic E-state index is -0.693. The van der Waals surface area contributed by atoms with E-state index < -0.39 is 17.2 Å². The fourth-order valence-electron chi connectivity index (χ4n) is 3.47. The summed E-state index contributed by atoms with van der Waals surface area (Å²) in [6, 6.07) is 11.2. The molecule has 3 heterocycles. The van der Waals surface area contributed by atoms with Crippen LogP contribution in [0.25, 0.3) is 5.78 Å². The van der Waals surface area contributed by atoms with Crippen molar-refractivity contribution in [3.63, 3.8) is 0 Å². The number of hydrogen-bond donors (Lipinski definition) is 3. The molecule has 34 heavy (non-hydrogen) atoms. The van der Waals surface area contributed by atoms with Crippen molar-refractivity contribution in [2.24, 2.45) is 0 Å². The number of H-pyrrole nitrogens is 1. The number of carbonyl (C=O) groups is 1. The Labute approximate surface area is 193 Å². The van der Waals surface area contributed by atoms with Gasteiger partial charge in [0.2, 0.25) is 5.82 Å². The number of anilines is 2. The lowest BCUT2D eigenvalue weighted by atomic mass is 10.2. The van der Waals surface area contributed by atoms with E-state index in [4.69, 9.17) is 4.74 Å². The Kier molecular flexibility index (Phi) is 6.50. The van der Waals surface area contributed by atoms with Crippen molar-refractivity contribution in [3.8, 4) is 0 Å². The van der Waals surface area contributed by atoms with Crippen LogP contribution in [0.4, 0.5) is 11.5 Å². The number of methoxy groups -OCH3 is 1. The fourth-order valence-corrected chi connectivity index (χ4v) is 3.47. The molecule has 0 bridgehead atoms. The van der Waals surface area contributed by atoms with Gasteiger partial charge in [-0.05, 0) is 25.5 Å². The Bertz CT molecular complexity index is 1460. The molecule has 4 aromatic rings. The number of ether oxygens (including phenoxy) is 1. The first kappa shape index (κ1) is 22.9. The molecule has 0 spiro atoms. The molecule has 176 valence electrons. The summed E-state index contributed by atoms with van der Waals surface area (Å²) in [5.74, 6) is -0.582. The van der Waals surface area contributed by atoms with Gasteiger partial charge >= 0.3 is 5.69 Å². The van der Waals surface area contributed by atoms with Crippen molar-refractivity contribution >= 4 is 23.2 Å². The molecule has 0 saturated carbocycles. The number of nitrogens with one attached hydrogen (secondary N) is 3. The average Bonchev–Trinajstić information content (AvgIpc) is 3.24. The lowest BCUT2D eigenvalue weighted by Crippen LogP contribution is -2.36. The largest absolute Gasteiger partial charge is 0.383 e. The first-order valence-electron chi connectivity index (χ1n) is 10.5. The summed E-state index contributed by atoms with van der Waals surface area (Å²) in [5.41, 5.74) is 1.08. The predicted octanol–water partition coefficient (Wildman–Crippen LogP) is 1.10. The van der Waals surface area contributed by atoms with Gasteiger partial charge in [0.15, 0.2) is 0 Å².